The van der Waals surface area contributed by atoms with Gasteiger partial charge in [-0.05, 0) is 48.5 Å². The van der Waals surface area contributed by atoms with Crippen LogP contribution in [0, 0.1) is 11.6 Å². The van der Waals surface area contributed by atoms with Crippen LogP contribution < -0.4 is 0 Å². The molecule has 0 saturated carbocycles. The van der Waals surface area contributed by atoms with Gasteiger partial charge in [-0.2, -0.15) is 5.10 Å². The second kappa shape index (κ2) is 9.29. The van der Waals surface area contributed by atoms with Crippen LogP contribution in [-0.4, -0.2) is 52.3 Å². The van der Waals surface area contributed by atoms with Crippen molar-refractivity contribution in [3.05, 3.63) is 84.3 Å². The number of halogens is 2. The summed E-state index contributed by atoms with van der Waals surface area (Å²) in [5, 5.41) is 4.60. The molecular formula is C26H26F2N4O. The molecule has 0 unspecified atom stereocenters. The molecule has 7 heteroatoms. The predicted molar refractivity (Wildman–Crippen MR) is 124 cm³/mol. The minimum absolute atomic E-state index is 0.348. The molecule has 0 radical (unpaired) electrons. The van der Waals surface area contributed by atoms with E-state index in [0.717, 1.165) is 50.5 Å². The van der Waals surface area contributed by atoms with Gasteiger partial charge < -0.3 is 9.32 Å². The maximum atomic E-state index is 15.1. The quantitative estimate of drug-likeness (QED) is 0.406. The summed E-state index contributed by atoms with van der Waals surface area (Å²) in [6.07, 6.45) is 3.48. The van der Waals surface area contributed by atoms with Gasteiger partial charge in [0, 0.05) is 49.9 Å². The molecule has 5 nitrogen and oxygen atoms in total. The zero-order valence-electron chi connectivity index (χ0n) is 18.5. The molecule has 4 aromatic rings. The molecule has 5 rings (SSSR count). The Morgan fingerprint density at radius 3 is 2.36 bits per heavy atom. The van der Waals surface area contributed by atoms with Crippen LogP contribution in [0.25, 0.3) is 28.3 Å². The highest BCUT2D eigenvalue weighted by atomic mass is 19.1. The van der Waals surface area contributed by atoms with Crippen molar-refractivity contribution in [2.75, 3.05) is 32.7 Å². The summed E-state index contributed by atoms with van der Waals surface area (Å²) in [6.45, 7) is 8.12. The fraction of sp³-hybridized carbons (Fsp3) is 0.269. The molecule has 170 valence electrons. The Morgan fingerprint density at radius 2 is 1.70 bits per heavy atom. The van der Waals surface area contributed by atoms with Crippen molar-refractivity contribution in [3.8, 4) is 28.3 Å². The Labute approximate surface area is 191 Å². The zero-order valence-corrected chi connectivity index (χ0v) is 18.5. The van der Waals surface area contributed by atoms with Crippen LogP contribution in [0.4, 0.5) is 8.78 Å². The van der Waals surface area contributed by atoms with E-state index in [-0.39, 0.29) is 5.82 Å². The molecule has 3 heterocycles. The topological polar surface area (TPSA) is 37.4 Å². The van der Waals surface area contributed by atoms with Gasteiger partial charge in [-0.25, -0.2) is 13.5 Å². The molecule has 0 atom stereocenters. The Hall–Kier alpha value is -3.29. The van der Waals surface area contributed by atoms with Gasteiger partial charge in [-0.15, -0.1) is 0 Å². The highest BCUT2D eigenvalue weighted by molar-refractivity contribution is 5.67. The van der Waals surface area contributed by atoms with Gasteiger partial charge in [0.15, 0.2) is 5.76 Å². The van der Waals surface area contributed by atoms with E-state index in [0.29, 0.717) is 22.6 Å². The van der Waals surface area contributed by atoms with Crippen molar-refractivity contribution in [3.63, 3.8) is 0 Å². The largest absolute Gasteiger partial charge is 0.463 e. The second-order valence-electron chi connectivity index (χ2n) is 8.29. The van der Waals surface area contributed by atoms with Crippen LogP contribution in [-0.2, 0) is 6.54 Å². The number of piperazine rings is 1. The van der Waals surface area contributed by atoms with Gasteiger partial charge in [0.05, 0.1) is 18.1 Å². The molecule has 0 N–H and O–H groups in total. The minimum atomic E-state index is -0.391. The number of benzene rings is 2. The smallest absolute Gasteiger partial charge is 0.152 e. The lowest BCUT2D eigenvalue weighted by molar-refractivity contribution is 0.132. The van der Waals surface area contributed by atoms with E-state index >= 15 is 4.39 Å². The number of hydrogen-bond donors (Lipinski definition) is 0. The number of hydrogen-bond acceptors (Lipinski definition) is 4. The second-order valence-corrected chi connectivity index (χ2v) is 8.29. The van der Waals surface area contributed by atoms with Gasteiger partial charge in [-0.1, -0.05) is 19.1 Å². The monoisotopic (exact) mass is 448 g/mol. The Balaban J connectivity index is 1.47. The van der Waals surface area contributed by atoms with E-state index in [2.05, 4.69) is 21.8 Å². The van der Waals surface area contributed by atoms with Gasteiger partial charge in [0.1, 0.15) is 17.3 Å². The maximum absolute atomic E-state index is 15.1. The van der Waals surface area contributed by atoms with Crippen molar-refractivity contribution in [2.24, 2.45) is 0 Å². The first-order valence-electron chi connectivity index (χ1n) is 11.2. The maximum Gasteiger partial charge on any atom is 0.152 e. The van der Waals surface area contributed by atoms with E-state index < -0.39 is 5.82 Å². The van der Waals surface area contributed by atoms with Gasteiger partial charge in [-0.3, -0.25) is 4.90 Å². The van der Waals surface area contributed by atoms with E-state index in [9.17, 15) is 4.39 Å². The van der Waals surface area contributed by atoms with Crippen LogP contribution in [0.1, 0.15) is 12.5 Å². The normalized spacial score (nSPS) is 15.2. The molecule has 1 aliphatic heterocycles. The Kier molecular flexibility index (Phi) is 6.07. The lowest BCUT2D eigenvalue weighted by atomic mass is 10.0. The molecule has 0 bridgehead atoms. The fourth-order valence-corrected chi connectivity index (χ4v) is 4.37. The number of likely N-dealkylation sites (N-methyl/N-ethyl adjacent to an activating group) is 1. The molecule has 33 heavy (non-hydrogen) atoms. The third kappa shape index (κ3) is 4.47. The molecule has 1 aliphatic rings. The first-order valence-corrected chi connectivity index (χ1v) is 11.2. The zero-order chi connectivity index (χ0) is 22.8. The highest BCUT2D eigenvalue weighted by Crippen LogP contribution is 2.31. The standard InChI is InChI=1S/C26H26F2N4O/c1-2-30-11-13-31(14-12-30)18-20-17-29-32(26(20)25-4-3-15-33-25)22-9-10-23(24(28)16-22)19-5-7-21(27)8-6-19/h3-10,15-17H,2,11-14,18H2,1H3. The van der Waals surface area contributed by atoms with Gasteiger partial charge in [0.2, 0.25) is 0 Å². The van der Waals surface area contributed by atoms with Crippen LogP contribution in [0.5, 0.6) is 0 Å². The molecule has 0 spiro atoms. The first kappa shape index (κ1) is 21.6. The molecule has 2 aromatic heterocycles. The van der Waals surface area contributed by atoms with E-state index in [1.54, 1.807) is 29.1 Å². The van der Waals surface area contributed by atoms with Crippen molar-refractivity contribution in [1.82, 2.24) is 19.6 Å². The number of furan rings is 1. The average Bonchev–Trinajstić information content (AvgIpc) is 3.50. The van der Waals surface area contributed by atoms with E-state index in [1.165, 1.54) is 18.2 Å². The fourth-order valence-electron chi connectivity index (χ4n) is 4.37. The van der Waals surface area contributed by atoms with Crippen LogP contribution in [0.3, 0.4) is 0 Å². The predicted octanol–water partition coefficient (Wildman–Crippen LogP) is 5.22. The third-order valence-corrected chi connectivity index (χ3v) is 6.26. The van der Waals surface area contributed by atoms with Gasteiger partial charge >= 0.3 is 0 Å². The lowest BCUT2D eigenvalue weighted by Gasteiger charge is -2.33. The number of aromatic nitrogens is 2. The van der Waals surface area contributed by atoms with Gasteiger partial charge in [0.25, 0.3) is 0 Å². The Bertz CT molecular complexity index is 1210. The number of nitrogens with zero attached hydrogens (tertiary/aromatic N) is 4. The average molecular weight is 449 g/mol. The minimum Gasteiger partial charge on any atom is -0.463 e. The van der Waals surface area contributed by atoms with Crippen LogP contribution >= 0.6 is 0 Å². The molecular weight excluding hydrogens is 422 g/mol. The molecule has 0 amide bonds. The summed E-state index contributed by atoms with van der Waals surface area (Å²) in [4.78, 5) is 4.86. The van der Waals surface area contributed by atoms with Crippen LogP contribution in [0.15, 0.2) is 71.5 Å². The van der Waals surface area contributed by atoms with Crippen molar-refractivity contribution < 1.29 is 13.2 Å². The molecule has 2 aromatic carbocycles. The van der Waals surface area contributed by atoms with Crippen molar-refractivity contribution in [2.45, 2.75) is 13.5 Å². The van der Waals surface area contributed by atoms with E-state index in [4.69, 9.17) is 4.42 Å². The third-order valence-electron chi connectivity index (χ3n) is 6.26. The summed E-state index contributed by atoms with van der Waals surface area (Å²) < 4.78 is 35.8. The summed E-state index contributed by atoms with van der Waals surface area (Å²) in [5.74, 6) is -0.0472. The van der Waals surface area contributed by atoms with E-state index in [1.807, 2.05) is 24.4 Å². The lowest BCUT2D eigenvalue weighted by Crippen LogP contribution is -2.45. The Morgan fingerprint density at radius 1 is 0.939 bits per heavy atom. The van der Waals surface area contributed by atoms with Crippen molar-refractivity contribution in [1.29, 1.82) is 0 Å². The SMILES string of the molecule is CCN1CCN(Cc2cnn(-c3ccc(-c4ccc(F)cc4)c(F)c3)c2-c2ccco2)CC1. The highest BCUT2D eigenvalue weighted by Gasteiger charge is 2.22. The number of rotatable bonds is 6. The molecule has 1 fully saturated rings. The van der Waals surface area contributed by atoms with Crippen molar-refractivity contribution >= 4 is 0 Å². The van der Waals surface area contributed by atoms with Crippen LogP contribution in [0.2, 0.25) is 0 Å². The molecule has 1 saturated heterocycles. The molecule has 0 aliphatic carbocycles. The summed E-state index contributed by atoms with van der Waals surface area (Å²) in [6, 6.07) is 14.5. The summed E-state index contributed by atoms with van der Waals surface area (Å²) in [7, 11) is 0. The first-order chi connectivity index (χ1) is 16.1. The summed E-state index contributed by atoms with van der Waals surface area (Å²) in [5.41, 5.74) is 3.51. The summed E-state index contributed by atoms with van der Waals surface area (Å²) >= 11 is 0.